The molecule has 0 aromatic carbocycles. The standard InChI is InChI=1S/C9H16N2/c1-2-8-3-5-9(6-4-8)11-7-10/h8-9,11H,2-6H2,1H3. The molecule has 0 aromatic heterocycles. The zero-order chi connectivity index (χ0) is 8.10. The molecule has 0 saturated heterocycles. The molecule has 0 aliphatic heterocycles. The van der Waals surface area contributed by atoms with Crippen LogP contribution >= 0.6 is 0 Å². The van der Waals surface area contributed by atoms with Crippen LogP contribution < -0.4 is 5.32 Å². The molecule has 62 valence electrons. The monoisotopic (exact) mass is 152 g/mol. The predicted octanol–water partition coefficient (Wildman–Crippen LogP) is 2.03. The van der Waals surface area contributed by atoms with Gasteiger partial charge in [-0.15, -0.1) is 0 Å². The Kier molecular flexibility index (Phi) is 3.22. The lowest BCUT2D eigenvalue weighted by Gasteiger charge is -2.26. The molecule has 1 aliphatic rings. The Labute approximate surface area is 68.6 Å². The van der Waals surface area contributed by atoms with Crippen molar-refractivity contribution in [2.45, 2.75) is 45.1 Å². The number of rotatable bonds is 2. The molecule has 0 amide bonds. The fraction of sp³-hybridized carbons (Fsp3) is 0.889. The van der Waals surface area contributed by atoms with Crippen LogP contribution in [0.1, 0.15) is 39.0 Å². The Morgan fingerprint density at radius 2 is 2.00 bits per heavy atom. The zero-order valence-electron chi connectivity index (χ0n) is 7.14. The van der Waals surface area contributed by atoms with Gasteiger partial charge < -0.3 is 5.32 Å². The van der Waals surface area contributed by atoms with E-state index in [1.54, 1.807) is 0 Å². The van der Waals surface area contributed by atoms with Crippen molar-refractivity contribution < 1.29 is 0 Å². The maximum Gasteiger partial charge on any atom is 0.176 e. The molecule has 11 heavy (non-hydrogen) atoms. The normalized spacial score (nSPS) is 30.9. The second-order valence-electron chi connectivity index (χ2n) is 3.38. The lowest BCUT2D eigenvalue weighted by atomic mass is 9.85. The summed E-state index contributed by atoms with van der Waals surface area (Å²) in [6.45, 7) is 2.25. The maximum absolute atomic E-state index is 8.38. The first-order chi connectivity index (χ1) is 5.36. The van der Waals surface area contributed by atoms with Crippen molar-refractivity contribution in [3.63, 3.8) is 0 Å². The molecule has 0 spiro atoms. The van der Waals surface area contributed by atoms with Crippen molar-refractivity contribution in [1.29, 1.82) is 5.26 Å². The number of nitriles is 1. The SMILES string of the molecule is CCC1CCC(NC#N)CC1. The van der Waals surface area contributed by atoms with Gasteiger partial charge in [0.1, 0.15) is 0 Å². The van der Waals surface area contributed by atoms with E-state index in [4.69, 9.17) is 5.26 Å². The van der Waals surface area contributed by atoms with Crippen molar-refractivity contribution in [3.8, 4) is 6.19 Å². The molecule has 0 radical (unpaired) electrons. The molecule has 0 bridgehead atoms. The minimum Gasteiger partial charge on any atom is -0.321 e. The highest BCUT2D eigenvalue weighted by Crippen LogP contribution is 2.26. The highest BCUT2D eigenvalue weighted by atomic mass is 14.9. The van der Waals surface area contributed by atoms with Gasteiger partial charge in [-0.05, 0) is 31.6 Å². The fourth-order valence-corrected chi connectivity index (χ4v) is 1.81. The van der Waals surface area contributed by atoms with Gasteiger partial charge in [-0.25, -0.2) is 0 Å². The number of hydrogen-bond donors (Lipinski definition) is 1. The van der Waals surface area contributed by atoms with E-state index in [2.05, 4.69) is 12.2 Å². The fourth-order valence-electron chi connectivity index (χ4n) is 1.81. The average molecular weight is 152 g/mol. The summed E-state index contributed by atoms with van der Waals surface area (Å²) in [4.78, 5) is 0. The summed E-state index contributed by atoms with van der Waals surface area (Å²) in [6, 6.07) is 0.475. The van der Waals surface area contributed by atoms with Gasteiger partial charge in [0.05, 0.1) is 0 Å². The van der Waals surface area contributed by atoms with Crippen LogP contribution in [0.2, 0.25) is 0 Å². The molecule has 0 atom stereocenters. The third-order valence-electron chi connectivity index (χ3n) is 2.69. The summed E-state index contributed by atoms with van der Waals surface area (Å²) in [6.07, 6.45) is 8.30. The number of nitrogens with one attached hydrogen (secondary N) is 1. The van der Waals surface area contributed by atoms with Crippen molar-refractivity contribution in [2.24, 2.45) is 5.92 Å². The van der Waals surface area contributed by atoms with Gasteiger partial charge >= 0.3 is 0 Å². The van der Waals surface area contributed by atoms with Gasteiger partial charge in [0, 0.05) is 6.04 Å². The molecule has 1 N–H and O–H groups in total. The average Bonchev–Trinajstić information content (AvgIpc) is 2.07. The second kappa shape index (κ2) is 4.23. The number of nitrogens with zero attached hydrogens (tertiary/aromatic N) is 1. The number of hydrogen-bond acceptors (Lipinski definition) is 2. The minimum absolute atomic E-state index is 0.475. The van der Waals surface area contributed by atoms with Crippen LogP contribution in [-0.2, 0) is 0 Å². The Morgan fingerprint density at radius 3 is 2.45 bits per heavy atom. The summed E-state index contributed by atoms with van der Waals surface area (Å²) in [7, 11) is 0. The Hall–Kier alpha value is -0.710. The third-order valence-corrected chi connectivity index (χ3v) is 2.69. The van der Waals surface area contributed by atoms with Gasteiger partial charge in [-0.2, -0.15) is 5.26 Å². The van der Waals surface area contributed by atoms with Crippen LogP contribution in [0.4, 0.5) is 0 Å². The first kappa shape index (κ1) is 8.39. The predicted molar refractivity (Wildman–Crippen MR) is 44.8 cm³/mol. The van der Waals surface area contributed by atoms with E-state index in [-0.39, 0.29) is 0 Å². The van der Waals surface area contributed by atoms with Gasteiger partial charge in [0.25, 0.3) is 0 Å². The van der Waals surface area contributed by atoms with E-state index in [0.29, 0.717) is 6.04 Å². The van der Waals surface area contributed by atoms with Crippen LogP contribution in [-0.4, -0.2) is 6.04 Å². The molecule has 2 heteroatoms. The van der Waals surface area contributed by atoms with Crippen LogP contribution in [0.3, 0.4) is 0 Å². The second-order valence-corrected chi connectivity index (χ2v) is 3.38. The molecular weight excluding hydrogens is 136 g/mol. The van der Waals surface area contributed by atoms with Crippen LogP contribution in [0.15, 0.2) is 0 Å². The molecule has 1 aliphatic carbocycles. The Morgan fingerprint density at radius 1 is 1.36 bits per heavy atom. The Balaban J connectivity index is 2.20. The van der Waals surface area contributed by atoms with Gasteiger partial charge in [0.2, 0.25) is 0 Å². The van der Waals surface area contributed by atoms with E-state index in [1.807, 2.05) is 6.19 Å². The molecule has 0 unspecified atom stereocenters. The lowest BCUT2D eigenvalue weighted by Crippen LogP contribution is -2.29. The highest BCUT2D eigenvalue weighted by molar-refractivity contribution is 4.81. The lowest BCUT2D eigenvalue weighted by molar-refractivity contribution is 0.302. The van der Waals surface area contributed by atoms with E-state index in [9.17, 15) is 0 Å². The first-order valence-corrected chi connectivity index (χ1v) is 4.51. The Bertz CT molecular complexity index is 140. The van der Waals surface area contributed by atoms with Gasteiger partial charge in [0.15, 0.2) is 6.19 Å². The smallest absolute Gasteiger partial charge is 0.176 e. The molecule has 1 rings (SSSR count). The van der Waals surface area contributed by atoms with E-state index >= 15 is 0 Å². The molecule has 0 heterocycles. The quantitative estimate of drug-likeness (QED) is 0.485. The van der Waals surface area contributed by atoms with E-state index < -0.39 is 0 Å². The van der Waals surface area contributed by atoms with Gasteiger partial charge in [-0.3, -0.25) is 0 Å². The maximum atomic E-state index is 8.38. The topological polar surface area (TPSA) is 35.8 Å². The summed E-state index contributed by atoms with van der Waals surface area (Å²) in [5.74, 6) is 0.923. The summed E-state index contributed by atoms with van der Waals surface area (Å²) in [5.41, 5.74) is 0. The molecule has 1 fully saturated rings. The first-order valence-electron chi connectivity index (χ1n) is 4.51. The summed E-state index contributed by atoms with van der Waals surface area (Å²) >= 11 is 0. The van der Waals surface area contributed by atoms with Crippen LogP contribution in [0, 0.1) is 17.4 Å². The zero-order valence-corrected chi connectivity index (χ0v) is 7.14. The van der Waals surface area contributed by atoms with Crippen LogP contribution in [0.5, 0.6) is 0 Å². The summed E-state index contributed by atoms with van der Waals surface area (Å²) in [5, 5.41) is 11.2. The largest absolute Gasteiger partial charge is 0.321 e. The van der Waals surface area contributed by atoms with E-state index in [0.717, 1.165) is 5.92 Å². The van der Waals surface area contributed by atoms with Gasteiger partial charge in [-0.1, -0.05) is 13.3 Å². The third kappa shape index (κ3) is 2.42. The highest BCUT2D eigenvalue weighted by Gasteiger charge is 2.18. The van der Waals surface area contributed by atoms with Crippen molar-refractivity contribution in [3.05, 3.63) is 0 Å². The van der Waals surface area contributed by atoms with Crippen molar-refractivity contribution in [1.82, 2.24) is 5.32 Å². The molecule has 2 nitrogen and oxygen atoms in total. The summed E-state index contributed by atoms with van der Waals surface area (Å²) < 4.78 is 0. The van der Waals surface area contributed by atoms with Crippen molar-refractivity contribution >= 4 is 0 Å². The molecule has 1 saturated carbocycles. The molecular formula is C9H16N2. The van der Waals surface area contributed by atoms with Crippen molar-refractivity contribution in [2.75, 3.05) is 0 Å². The van der Waals surface area contributed by atoms with E-state index in [1.165, 1.54) is 32.1 Å². The minimum atomic E-state index is 0.475. The van der Waals surface area contributed by atoms with Crippen LogP contribution in [0.25, 0.3) is 0 Å². The molecule has 0 aromatic rings.